The SMILES string of the molecule is CNS(=O)(=O)c1cccc(S(=O)(=O)Nc2cccc(S(=O)(=O)N3CCOCC3)c2)c1. The van der Waals surface area contributed by atoms with E-state index in [1.54, 1.807) is 0 Å². The van der Waals surface area contributed by atoms with Crippen molar-refractivity contribution < 1.29 is 30.0 Å². The summed E-state index contributed by atoms with van der Waals surface area (Å²) < 4.78 is 85.8. The zero-order valence-electron chi connectivity index (χ0n) is 16.0. The van der Waals surface area contributed by atoms with Crippen LogP contribution in [-0.2, 0) is 34.8 Å². The average molecular weight is 476 g/mol. The minimum atomic E-state index is -4.16. The summed E-state index contributed by atoms with van der Waals surface area (Å²) in [4.78, 5) is -0.548. The molecule has 1 aliphatic rings. The summed E-state index contributed by atoms with van der Waals surface area (Å²) in [5.41, 5.74) is 0.0335. The lowest BCUT2D eigenvalue weighted by atomic mass is 10.3. The van der Waals surface area contributed by atoms with Gasteiger partial charge in [0.2, 0.25) is 20.0 Å². The third-order valence-corrected chi connectivity index (χ3v) is 9.07. The Bertz CT molecular complexity index is 1240. The molecule has 2 N–H and O–H groups in total. The number of hydrogen-bond donors (Lipinski definition) is 2. The molecule has 0 aromatic heterocycles. The molecule has 1 heterocycles. The lowest BCUT2D eigenvalue weighted by molar-refractivity contribution is 0.0730. The van der Waals surface area contributed by atoms with Crippen molar-refractivity contribution in [1.29, 1.82) is 0 Å². The number of benzene rings is 2. The molecule has 0 unspecified atom stereocenters. The van der Waals surface area contributed by atoms with Gasteiger partial charge in [0, 0.05) is 13.1 Å². The second kappa shape index (κ2) is 8.61. The molecule has 30 heavy (non-hydrogen) atoms. The molecular formula is C17H21N3O7S3. The van der Waals surface area contributed by atoms with E-state index >= 15 is 0 Å². The maximum Gasteiger partial charge on any atom is 0.261 e. The predicted octanol–water partition coefficient (Wildman–Crippen LogP) is 0.416. The summed E-state index contributed by atoms with van der Waals surface area (Å²) in [5.74, 6) is 0. The topological polar surface area (TPSA) is 139 Å². The number of morpholine rings is 1. The third-order valence-electron chi connectivity index (χ3n) is 4.39. The van der Waals surface area contributed by atoms with Gasteiger partial charge >= 0.3 is 0 Å². The number of nitrogens with zero attached hydrogens (tertiary/aromatic N) is 1. The van der Waals surface area contributed by atoms with Crippen molar-refractivity contribution >= 4 is 35.8 Å². The molecule has 164 valence electrons. The minimum Gasteiger partial charge on any atom is -0.379 e. The van der Waals surface area contributed by atoms with E-state index in [0.29, 0.717) is 0 Å². The average Bonchev–Trinajstić information content (AvgIpc) is 2.74. The summed E-state index contributed by atoms with van der Waals surface area (Å²) in [6, 6.07) is 10.3. The molecule has 1 fully saturated rings. The Hall–Kier alpha value is -2.03. The Balaban J connectivity index is 1.90. The van der Waals surface area contributed by atoms with Gasteiger partial charge < -0.3 is 4.74 Å². The predicted molar refractivity (Wildman–Crippen MR) is 110 cm³/mol. The molecule has 10 nitrogen and oxygen atoms in total. The monoisotopic (exact) mass is 475 g/mol. The van der Waals surface area contributed by atoms with Crippen molar-refractivity contribution in [1.82, 2.24) is 9.03 Å². The molecule has 3 rings (SSSR count). The molecule has 0 saturated carbocycles. The van der Waals surface area contributed by atoms with Crippen molar-refractivity contribution in [3.63, 3.8) is 0 Å². The van der Waals surface area contributed by atoms with Crippen molar-refractivity contribution in [2.45, 2.75) is 14.7 Å². The highest BCUT2D eigenvalue weighted by Crippen LogP contribution is 2.23. The number of anilines is 1. The Morgan fingerprint density at radius 2 is 1.37 bits per heavy atom. The molecule has 0 atom stereocenters. The van der Waals surface area contributed by atoms with E-state index in [-0.39, 0.29) is 46.7 Å². The van der Waals surface area contributed by atoms with Gasteiger partial charge in [-0.05, 0) is 43.4 Å². The van der Waals surface area contributed by atoms with Crippen LogP contribution in [0.15, 0.2) is 63.2 Å². The van der Waals surface area contributed by atoms with Crippen molar-refractivity contribution in [3.8, 4) is 0 Å². The summed E-state index contributed by atoms with van der Waals surface area (Å²) in [7, 11) is -10.6. The van der Waals surface area contributed by atoms with Gasteiger partial charge in [-0.15, -0.1) is 0 Å². The van der Waals surface area contributed by atoms with Crippen LogP contribution in [0.3, 0.4) is 0 Å². The molecule has 1 saturated heterocycles. The van der Waals surface area contributed by atoms with Crippen LogP contribution in [0.2, 0.25) is 0 Å². The highest BCUT2D eigenvalue weighted by molar-refractivity contribution is 7.93. The standard InChI is InChI=1S/C17H21N3O7S3/c1-18-28(21,22)15-5-3-6-16(13-15)29(23,24)19-14-4-2-7-17(12-14)30(25,26)20-8-10-27-11-9-20/h2-7,12-13,18-19H,8-11H2,1H3. The lowest BCUT2D eigenvalue weighted by Crippen LogP contribution is -2.40. The fraction of sp³-hybridized carbons (Fsp3) is 0.294. The van der Waals surface area contributed by atoms with E-state index in [4.69, 9.17) is 4.74 Å². The first-order chi connectivity index (χ1) is 14.1. The van der Waals surface area contributed by atoms with Crippen molar-refractivity contribution in [3.05, 3.63) is 48.5 Å². The highest BCUT2D eigenvalue weighted by Gasteiger charge is 2.27. The number of nitrogens with one attached hydrogen (secondary N) is 2. The van der Waals surface area contributed by atoms with Crippen LogP contribution >= 0.6 is 0 Å². The fourth-order valence-electron chi connectivity index (χ4n) is 2.80. The van der Waals surface area contributed by atoms with Crippen LogP contribution in [-0.4, -0.2) is 62.9 Å². The Morgan fingerprint density at radius 1 is 0.800 bits per heavy atom. The lowest BCUT2D eigenvalue weighted by Gasteiger charge is -2.26. The second-order valence-electron chi connectivity index (χ2n) is 6.33. The highest BCUT2D eigenvalue weighted by atomic mass is 32.2. The first kappa shape index (κ1) is 22.7. The number of sulfonamides is 3. The third kappa shape index (κ3) is 4.82. The van der Waals surface area contributed by atoms with Gasteiger partial charge in [-0.3, -0.25) is 4.72 Å². The zero-order valence-corrected chi connectivity index (χ0v) is 18.4. The summed E-state index contributed by atoms with van der Waals surface area (Å²) >= 11 is 0. The molecule has 0 amide bonds. The Morgan fingerprint density at radius 3 is 2.00 bits per heavy atom. The molecule has 0 bridgehead atoms. The van der Waals surface area contributed by atoms with Gasteiger partial charge in [-0.25, -0.2) is 30.0 Å². The molecule has 0 radical (unpaired) electrons. The molecule has 1 aliphatic heterocycles. The fourth-order valence-corrected chi connectivity index (χ4v) is 6.20. The number of rotatable bonds is 7. The summed E-state index contributed by atoms with van der Waals surface area (Å²) in [6.07, 6.45) is 0. The molecule has 0 spiro atoms. The Kier molecular flexibility index (Phi) is 6.50. The maximum absolute atomic E-state index is 12.8. The minimum absolute atomic E-state index is 0.0335. The zero-order chi connectivity index (χ0) is 22.0. The van der Waals surface area contributed by atoms with Crippen LogP contribution in [0.5, 0.6) is 0 Å². The van der Waals surface area contributed by atoms with E-state index < -0.39 is 30.1 Å². The normalized spacial score (nSPS) is 16.3. The van der Waals surface area contributed by atoms with Gasteiger partial charge in [-0.1, -0.05) is 12.1 Å². The van der Waals surface area contributed by atoms with Gasteiger partial charge in [0.1, 0.15) is 0 Å². The molecule has 0 aliphatic carbocycles. The van der Waals surface area contributed by atoms with Crippen LogP contribution < -0.4 is 9.44 Å². The largest absolute Gasteiger partial charge is 0.379 e. The van der Waals surface area contributed by atoms with Crippen LogP contribution in [0.25, 0.3) is 0 Å². The van der Waals surface area contributed by atoms with E-state index in [9.17, 15) is 25.3 Å². The van der Waals surface area contributed by atoms with E-state index in [1.165, 1.54) is 53.8 Å². The van der Waals surface area contributed by atoms with E-state index in [0.717, 1.165) is 6.07 Å². The van der Waals surface area contributed by atoms with Crippen molar-refractivity contribution in [2.75, 3.05) is 38.1 Å². The van der Waals surface area contributed by atoms with Gasteiger partial charge in [0.15, 0.2) is 0 Å². The number of hydrogen-bond acceptors (Lipinski definition) is 7. The Labute approximate surface area is 176 Å². The van der Waals surface area contributed by atoms with Crippen LogP contribution in [0, 0.1) is 0 Å². The first-order valence-corrected chi connectivity index (χ1v) is 13.2. The maximum atomic E-state index is 12.8. The van der Waals surface area contributed by atoms with Gasteiger partial charge in [-0.2, -0.15) is 4.31 Å². The van der Waals surface area contributed by atoms with Gasteiger partial charge in [0.05, 0.1) is 33.6 Å². The second-order valence-corrected chi connectivity index (χ2v) is 11.8. The summed E-state index contributed by atoms with van der Waals surface area (Å²) in [6.45, 7) is 1.00. The first-order valence-electron chi connectivity index (χ1n) is 8.81. The van der Waals surface area contributed by atoms with Gasteiger partial charge in [0.25, 0.3) is 10.0 Å². The van der Waals surface area contributed by atoms with Crippen molar-refractivity contribution in [2.24, 2.45) is 0 Å². The molecule has 2 aromatic carbocycles. The van der Waals surface area contributed by atoms with E-state index in [2.05, 4.69) is 9.44 Å². The van der Waals surface area contributed by atoms with E-state index in [1.807, 2.05) is 0 Å². The summed E-state index contributed by atoms with van der Waals surface area (Å²) in [5, 5.41) is 0. The molecule has 13 heteroatoms. The number of ether oxygens (including phenoxy) is 1. The smallest absolute Gasteiger partial charge is 0.261 e. The quantitative estimate of drug-likeness (QED) is 0.591. The van der Waals surface area contributed by atoms with Crippen LogP contribution in [0.4, 0.5) is 5.69 Å². The van der Waals surface area contributed by atoms with Crippen LogP contribution in [0.1, 0.15) is 0 Å². The molecular weight excluding hydrogens is 454 g/mol. The molecule has 2 aromatic rings.